The van der Waals surface area contributed by atoms with Crippen molar-refractivity contribution >= 4 is 6.08 Å². The molecule has 0 spiro atoms. The lowest BCUT2D eigenvalue weighted by Crippen LogP contribution is -1.89. The third-order valence-electron chi connectivity index (χ3n) is 2.35. The summed E-state index contributed by atoms with van der Waals surface area (Å²) < 4.78 is 25.4. The molecule has 4 heteroatoms. The second kappa shape index (κ2) is 3.31. The molecule has 1 aliphatic rings. The lowest BCUT2D eigenvalue weighted by Gasteiger charge is -1.98. The Bertz CT molecular complexity index is 413. The maximum atomic E-state index is 12.8. The average Bonchev–Trinajstić information content (AvgIpc) is 2.90. The predicted molar refractivity (Wildman–Crippen MR) is 45.6 cm³/mol. The highest BCUT2D eigenvalue weighted by Gasteiger charge is 2.38. The maximum Gasteiger partial charge on any atom is 0.235 e. The van der Waals surface area contributed by atoms with E-state index in [9.17, 15) is 13.6 Å². The molecule has 72 valence electrons. The molecule has 2 atom stereocenters. The van der Waals surface area contributed by atoms with Crippen LogP contribution in [0.5, 0.6) is 0 Å². The summed E-state index contributed by atoms with van der Waals surface area (Å²) in [7, 11) is 0. The van der Waals surface area contributed by atoms with Gasteiger partial charge in [-0.05, 0) is 24.1 Å². The van der Waals surface area contributed by atoms with Crippen molar-refractivity contribution in [2.45, 2.75) is 18.4 Å². The maximum absolute atomic E-state index is 12.8. The third kappa shape index (κ3) is 1.56. The predicted octanol–water partition coefficient (Wildman–Crippen LogP) is 2.16. The summed E-state index contributed by atoms with van der Waals surface area (Å²) in [6.45, 7) is 0. The van der Waals surface area contributed by atoms with Gasteiger partial charge in [0.05, 0.1) is 6.04 Å². The molecule has 1 aliphatic carbocycles. The van der Waals surface area contributed by atoms with Gasteiger partial charge in [-0.25, -0.2) is 18.6 Å². The number of nitrogens with zero attached hydrogens (tertiary/aromatic N) is 1. The highest BCUT2D eigenvalue weighted by atomic mass is 19.2. The van der Waals surface area contributed by atoms with Crippen LogP contribution in [-0.4, -0.2) is 12.1 Å². The minimum Gasteiger partial charge on any atom is -0.211 e. The van der Waals surface area contributed by atoms with Crippen LogP contribution in [0.25, 0.3) is 0 Å². The highest BCUT2D eigenvalue weighted by molar-refractivity contribution is 5.38. The van der Waals surface area contributed by atoms with Crippen LogP contribution in [0.3, 0.4) is 0 Å². The van der Waals surface area contributed by atoms with Crippen LogP contribution in [0, 0.1) is 11.6 Å². The molecule has 0 saturated heterocycles. The van der Waals surface area contributed by atoms with E-state index in [1.807, 2.05) is 0 Å². The van der Waals surface area contributed by atoms with Crippen molar-refractivity contribution in [2.24, 2.45) is 4.99 Å². The van der Waals surface area contributed by atoms with Gasteiger partial charge in [0, 0.05) is 5.92 Å². The Balaban J connectivity index is 2.19. The van der Waals surface area contributed by atoms with E-state index < -0.39 is 11.6 Å². The Morgan fingerprint density at radius 1 is 1.36 bits per heavy atom. The second-order valence-electron chi connectivity index (χ2n) is 3.30. The largest absolute Gasteiger partial charge is 0.235 e. The summed E-state index contributed by atoms with van der Waals surface area (Å²) in [5, 5.41) is 0. The van der Waals surface area contributed by atoms with E-state index in [1.54, 1.807) is 0 Å². The van der Waals surface area contributed by atoms with Crippen molar-refractivity contribution in [2.75, 3.05) is 0 Å². The van der Waals surface area contributed by atoms with E-state index >= 15 is 0 Å². The zero-order valence-corrected chi connectivity index (χ0v) is 7.21. The summed E-state index contributed by atoms with van der Waals surface area (Å²) in [6, 6.07) is 3.66. The molecule has 0 radical (unpaired) electrons. The van der Waals surface area contributed by atoms with Gasteiger partial charge >= 0.3 is 0 Å². The van der Waals surface area contributed by atoms with Gasteiger partial charge < -0.3 is 0 Å². The summed E-state index contributed by atoms with van der Waals surface area (Å²) in [5.74, 6) is -1.67. The Morgan fingerprint density at radius 2 is 2.14 bits per heavy atom. The Kier molecular flexibility index (Phi) is 2.14. The van der Waals surface area contributed by atoms with Crippen LogP contribution in [0.1, 0.15) is 17.9 Å². The van der Waals surface area contributed by atoms with Crippen LogP contribution in [0.15, 0.2) is 23.2 Å². The minimum atomic E-state index is -0.858. The summed E-state index contributed by atoms with van der Waals surface area (Å²) >= 11 is 0. The standard InChI is InChI=1S/C10H7F2NO/c11-8-2-1-6(3-9(8)12)7-4-10(7)13-5-14/h1-3,7,10H,4H2/t7-,10+/m0/s1. The summed E-state index contributed by atoms with van der Waals surface area (Å²) in [5.41, 5.74) is 0.688. The molecule has 2 nitrogen and oxygen atoms in total. The first kappa shape index (κ1) is 9.03. The van der Waals surface area contributed by atoms with Crippen LogP contribution >= 0.6 is 0 Å². The molecule has 0 N–H and O–H groups in total. The molecule has 0 aliphatic heterocycles. The van der Waals surface area contributed by atoms with Crippen LogP contribution in [0.4, 0.5) is 8.78 Å². The number of benzene rings is 1. The zero-order chi connectivity index (χ0) is 10.1. The van der Waals surface area contributed by atoms with Crippen LogP contribution < -0.4 is 0 Å². The molecule has 0 aromatic heterocycles. The molecule has 14 heavy (non-hydrogen) atoms. The number of rotatable bonds is 2. The zero-order valence-electron chi connectivity index (χ0n) is 7.21. The Hall–Kier alpha value is -1.54. The number of carbonyl (C=O) groups excluding carboxylic acids is 1. The Labute approximate surface area is 79.3 Å². The van der Waals surface area contributed by atoms with Crippen LogP contribution in [0.2, 0.25) is 0 Å². The molecular formula is C10H7F2NO. The van der Waals surface area contributed by atoms with Gasteiger partial charge in [0.15, 0.2) is 11.6 Å². The average molecular weight is 195 g/mol. The molecular weight excluding hydrogens is 188 g/mol. The monoisotopic (exact) mass is 195 g/mol. The SMILES string of the molecule is O=C=N[C@@H]1C[C@H]1c1ccc(F)c(F)c1. The lowest BCUT2D eigenvalue weighted by molar-refractivity contribution is 0.507. The molecule has 1 fully saturated rings. The molecule has 0 amide bonds. The van der Waals surface area contributed by atoms with E-state index in [4.69, 9.17) is 0 Å². The summed E-state index contributed by atoms with van der Waals surface area (Å²) in [4.78, 5) is 13.5. The van der Waals surface area contributed by atoms with Gasteiger partial charge in [-0.1, -0.05) is 6.07 Å². The fraction of sp³-hybridized carbons (Fsp3) is 0.300. The van der Waals surface area contributed by atoms with Crippen molar-refractivity contribution in [3.63, 3.8) is 0 Å². The first-order valence-corrected chi connectivity index (χ1v) is 4.24. The van der Waals surface area contributed by atoms with Gasteiger partial charge in [-0.2, -0.15) is 0 Å². The molecule has 0 unspecified atom stereocenters. The quantitative estimate of drug-likeness (QED) is 0.525. The number of isocyanates is 1. The van der Waals surface area contributed by atoms with E-state index in [1.165, 1.54) is 12.1 Å². The fourth-order valence-corrected chi connectivity index (χ4v) is 1.49. The number of hydrogen-bond acceptors (Lipinski definition) is 2. The third-order valence-corrected chi connectivity index (χ3v) is 2.35. The number of halogens is 2. The van der Waals surface area contributed by atoms with Gasteiger partial charge in [-0.3, -0.25) is 0 Å². The summed E-state index contributed by atoms with van der Waals surface area (Å²) in [6.07, 6.45) is 2.17. The smallest absolute Gasteiger partial charge is 0.211 e. The van der Waals surface area contributed by atoms with Crippen molar-refractivity contribution in [1.82, 2.24) is 0 Å². The minimum absolute atomic E-state index is 0.0477. The second-order valence-corrected chi connectivity index (χ2v) is 3.30. The van der Waals surface area contributed by atoms with Gasteiger partial charge in [0.1, 0.15) is 0 Å². The first-order chi connectivity index (χ1) is 6.72. The fourth-order valence-electron chi connectivity index (χ4n) is 1.49. The van der Waals surface area contributed by atoms with Gasteiger partial charge in [-0.15, -0.1) is 0 Å². The van der Waals surface area contributed by atoms with Crippen molar-refractivity contribution < 1.29 is 13.6 Å². The highest BCUT2D eigenvalue weighted by Crippen LogP contribution is 2.43. The number of aliphatic imine (C=N–C) groups is 1. The van der Waals surface area contributed by atoms with Gasteiger partial charge in [0.2, 0.25) is 6.08 Å². The molecule has 1 aromatic rings. The molecule has 2 rings (SSSR count). The first-order valence-electron chi connectivity index (χ1n) is 4.24. The van der Waals surface area contributed by atoms with Crippen molar-refractivity contribution in [3.8, 4) is 0 Å². The normalized spacial score (nSPS) is 24.1. The topological polar surface area (TPSA) is 29.4 Å². The molecule has 1 saturated carbocycles. The van der Waals surface area contributed by atoms with E-state index in [0.29, 0.717) is 12.0 Å². The number of hydrogen-bond donors (Lipinski definition) is 0. The Morgan fingerprint density at radius 3 is 2.79 bits per heavy atom. The van der Waals surface area contributed by atoms with Crippen molar-refractivity contribution in [1.29, 1.82) is 0 Å². The van der Waals surface area contributed by atoms with Crippen molar-refractivity contribution in [3.05, 3.63) is 35.4 Å². The molecule has 0 bridgehead atoms. The molecule has 0 heterocycles. The van der Waals surface area contributed by atoms with E-state index in [0.717, 1.165) is 12.1 Å². The van der Waals surface area contributed by atoms with Gasteiger partial charge in [0.25, 0.3) is 0 Å². The van der Waals surface area contributed by atoms with Crippen LogP contribution in [-0.2, 0) is 4.79 Å². The van der Waals surface area contributed by atoms with E-state index in [-0.39, 0.29) is 12.0 Å². The lowest BCUT2D eigenvalue weighted by atomic mass is 10.1. The molecule has 1 aromatic carbocycles. The van der Waals surface area contributed by atoms with E-state index in [2.05, 4.69) is 4.99 Å².